The normalized spacial score (nSPS) is 16.9. The van der Waals surface area contributed by atoms with E-state index in [-0.39, 0.29) is 13.1 Å². The van der Waals surface area contributed by atoms with Crippen LogP contribution >= 0.6 is 7.26 Å². The predicted octanol–water partition coefficient (Wildman–Crippen LogP) is 4.08. The number of rotatable bonds is 7. The molecule has 0 spiro atoms. The van der Waals surface area contributed by atoms with E-state index < -0.39 is 29.7 Å². The van der Waals surface area contributed by atoms with E-state index in [1.165, 1.54) is 33.4 Å². The summed E-state index contributed by atoms with van der Waals surface area (Å²) in [5, 5.41) is 4.74. The smallest absolute Gasteiger partial charge is 0.346 e. The minimum atomic E-state index is -5.02. The average molecular weight is 590 g/mol. The third-order valence-electron chi connectivity index (χ3n) is 6.78. The molecule has 1 atom stereocenters. The largest absolute Gasteiger partial charge is 0.724 e. The number of benzene rings is 3. The maximum absolute atomic E-state index is 11.8. The monoisotopic (exact) mass is 589 g/mol. The summed E-state index contributed by atoms with van der Waals surface area (Å²) in [5.41, 5.74) is 0.559. The Bertz CT molecular complexity index is 1530. The van der Waals surface area contributed by atoms with E-state index in [0.29, 0.717) is 16.4 Å². The van der Waals surface area contributed by atoms with Crippen molar-refractivity contribution in [3.63, 3.8) is 0 Å². The van der Waals surface area contributed by atoms with Crippen LogP contribution in [0.1, 0.15) is 12.7 Å². The molecule has 0 radical (unpaired) electrons. The lowest BCUT2D eigenvalue weighted by atomic mass is 10.0. The molecule has 1 saturated heterocycles. The minimum Gasteiger partial charge on any atom is -0.724 e. The van der Waals surface area contributed by atoms with Crippen molar-refractivity contribution in [3.05, 3.63) is 127 Å². The summed E-state index contributed by atoms with van der Waals surface area (Å²) in [7, 11) is -6.75. The van der Waals surface area contributed by atoms with Crippen LogP contribution in [-0.4, -0.2) is 53.1 Å². The molecule has 9 nitrogen and oxygen atoms in total. The van der Waals surface area contributed by atoms with Gasteiger partial charge in [0, 0.05) is 12.1 Å². The Morgan fingerprint density at radius 2 is 1.49 bits per heavy atom. The lowest BCUT2D eigenvalue weighted by Gasteiger charge is -2.23. The van der Waals surface area contributed by atoms with Crippen LogP contribution in [0.25, 0.3) is 5.57 Å². The van der Waals surface area contributed by atoms with Gasteiger partial charge < -0.3 is 13.9 Å². The summed E-state index contributed by atoms with van der Waals surface area (Å²) in [5.74, 6) is 2.81. The third-order valence-corrected chi connectivity index (χ3v) is 11.2. The third kappa shape index (κ3) is 6.01. The average Bonchev–Trinajstić information content (AvgIpc) is 3.61. The molecule has 1 fully saturated rings. The summed E-state index contributed by atoms with van der Waals surface area (Å²) in [4.78, 5) is 16.9. The molecule has 3 heterocycles. The van der Waals surface area contributed by atoms with Gasteiger partial charge in [-0.1, -0.05) is 66.7 Å². The van der Waals surface area contributed by atoms with Crippen LogP contribution in [0, 0.1) is 0 Å². The van der Waals surface area contributed by atoms with E-state index in [1.54, 1.807) is 6.08 Å². The van der Waals surface area contributed by atoms with Crippen molar-refractivity contribution in [3.8, 4) is 0 Å². The first-order valence-electron chi connectivity index (χ1n) is 12.9. The number of urea groups is 1. The molecule has 0 aliphatic carbocycles. The number of hydroxylamine groups is 2. The van der Waals surface area contributed by atoms with Gasteiger partial charge in [-0.25, -0.2) is 18.2 Å². The van der Waals surface area contributed by atoms with Gasteiger partial charge >= 0.3 is 6.03 Å². The van der Waals surface area contributed by atoms with Gasteiger partial charge in [-0.2, -0.15) is 9.35 Å². The van der Waals surface area contributed by atoms with Crippen LogP contribution in [0.15, 0.2) is 126 Å². The number of carbonyl (C=O) groups excluding carboxylic acids is 1. The first kappa shape index (κ1) is 28.4. The van der Waals surface area contributed by atoms with Gasteiger partial charge in [-0.05, 0) is 43.3 Å². The number of carbonyl (C=O) groups is 1. The molecule has 11 heteroatoms. The predicted molar refractivity (Wildman–Crippen MR) is 158 cm³/mol. The van der Waals surface area contributed by atoms with Crippen molar-refractivity contribution in [1.82, 2.24) is 14.9 Å². The molecule has 3 aromatic carbocycles. The highest BCUT2D eigenvalue weighted by molar-refractivity contribution is 7.98. The molecule has 2 amide bonds. The zero-order chi connectivity index (χ0) is 28.9. The second kappa shape index (κ2) is 12.2. The van der Waals surface area contributed by atoms with Gasteiger partial charge in [0.05, 0.1) is 18.6 Å². The number of allylic oxidation sites excluding steroid dienone is 1. The number of amides is 2. The molecule has 41 heavy (non-hydrogen) atoms. The molecular weight excluding hydrogens is 561 g/mol. The number of fused-ring (bicyclic) bond motifs is 2. The molecule has 0 saturated carbocycles. The van der Waals surface area contributed by atoms with Crippen molar-refractivity contribution in [2.24, 2.45) is 0 Å². The number of hydrogen-bond acceptors (Lipinski definition) is 7. The first-order chi connectivity index (χ1) is 19.8. The van der Waals surface area contributed by atoms with E-state index in [4.69, 9.17) is 4.42 Å². The second-order valence-electron chi connectivity index (χ2n) is 9.25. The molecule has 2 bridgehead atoms. The topological polar surface area (TPSA) is 116 Å². The zero-order valence-electron chi connectivity index (χ0n) is 22.2. The van der Waals surface area contributed by atoms with Crippen LogP contribution < -0.4 is 15.9 Å². The minimum absolute atomic E-state index is 0.223. The Kier molecular flexibility index (Phi) is 8.46. The van der Waals surface area contributed by atoms with E-state index in [9.17, 15) is 17.8 Å². The van der Waals surface area contributed by atoms with Crippen LogP contribution in [0.2, 0.25) is 0 Å². The quantitative estimate of drug-likeness (QED) is 0.181. The van der Waals surface area contributed by atoms with Crippen molar-refractivity contribution >= 4 is 45.2 Å². The molecule has 2 aliphatic heterocycles. The summed E-state index contributed by atoms with van der Waals surface area (Å²) in [6.07, 6.45) is 6.55. The summed E-state index contributed by atoms with van der Waals surface area (Å²) in [6.45, 7) is 2.62. The molecule has 6 rings (SSSR count). The van der Waals surface area contributed by atoms with Gasteiger partial charge in [-0.15, -0.1) is 0 Å². The Hall–Kier alpha value is -4.08. The second-order valence-corrected chi connectivity index (χ2v) is 13.5. The molecule has 210 valence electrons. The summed E-state index contributed by atoms with van der Waals surface area (Å²) < 4.78 is 41.3. The standard InChI is InChI=1S/C21H20P.C9H9N3O6S/c1-2-18-22(19-12-6-3-7-13-19,20-14-8-4-9-15-20)21-16-10-5-11-17-21;13-9-11-2-1-6(8-3-10-5-17-8)7(4-11)12(9)18-19(14,15)16/h2-18H,1H3;1,3,5,7H,2,4H2,(H,14,15,16)/q+1;/p-1/b18-2-;. The molecular formula is C30H28N3O6PS. The van der Waals surface area contributed by atoms with Crippen molar-refractivity contribution in [2.45, 2.75) is 13.0 Å². The first-order valence-corrected chi connectivity index (χ1v) is 16.0. The van der Waals surface area contributed by atoms with E-state index in [1.807, 2.05) is 0 Å². The fraction of sp³-hybridized carbons (Fsp3) is 0.133. The van der Waals surface area contributed by atoms with Crippen LogP contribution in [0.5, 0.6) is 0 Å². The maximum atomic E-state index is 11.8. The molecule has 2 aliphatic rings. The summed E-state index contributed by atoms with van der Waals surface area (Å²) in [6, 6.07) is 31.3. The van der Waals surface area contributed by atoms with Gasteiger partial charge in [0.25, 0.3) is 0 Å². The molecule has 0 N–H and O–H groups in total. The van der Waals surface area contributed by atoms with Crippen molar-refractivity contribution in [2.75, 3.05) is 13.1 Å². The number of hydrogen-bond donors (Lipinski definition) is 0. The Morgan fingerprint density at radius 1 is 0.951 bits per heavy atom. The molecule has 1 unspecified atom stereocenters. The highest BCUT2D eigenvalue weighted by Gasteiger charge is 2.45. The van der Waals surface area contributed by atoms with E-state index in [2.05, 4.69) is 119 Å². The van der Waals surface area contributed by atoms with Gasteiger partial charge in [0.2, 0.25) is 10.4 Å². The highest BCUT2D eigenvalue weighted by atomic mass is 32.3. The number of oxazole rings is 1. The Labute approximate surface area is 239 Å². The number of nitrogens with zero attached hydrogens (tertiary/aromatic N) is 3. The molecule has 1 aromatic heterocycles. The Morgan fingerprint density at radius 3 is 1.93 bits per heavy atom. The lowest BCUT2D eigenvalue weighted by molar-refractivity contribution is -0.0174. The van der Waals surface area contributed by atoms with Crippen LogP contribution in [0.3, 0.4) is 0 Å². The van der Waals surface area contributed by atoms with Crippen molar-refractivity contribution < 1.29 is 26.5 Å². The highest BCUT2D eigenvalue weighted by Crippen LogP contribution is 2.56. The van der Waals surface area contributed by atoms with Crippen LogP contribution in [-0.2, 0) is 14.7 Å². The van der Waals surface area contributed by atoms with Crippen LogP contribution in [0.4, 0.5) is 4.79 Å². The fourth-order valence-corrected chi connectivity index (χ4v) is 9.23. The lowest BCUT2D eigenvalue weighted by Crippen LogP contribution is -2.36. The SMILES string of the molecule is C/C=C\[P+](c1ccccc1)(c1ccccc1)c1ccccc1.O=C1N2CC=C(c3cnco3)C(C2)N1OS(=O)(=O)[O-]. The maximum Gasteiger partial charge on any atom is 0.346 e. The molecule has 4 aromatic rings. The van der Waals surface area contributed by atoms with Crippen molar-refractivity contribution in [1.29, 1.82) is 0 Å². The van der Waals surface area contributed by atoms with E-state index >= 15 is 0 Å². The van der Waals surface area contributed by atoms with Gasteiger partial charge in [0.15, 0.2) is 12.2 Å². The van der Waals surface area contributed by atoms with Gasteiger partial charge in [0.1, 0.15) is 29.2 Å². The van der Waals surface area contributed by atoms with Gasteiger partial charge in [-0.3, -0.25) is 0 Å². The Balaban J connectivity index is 0.000000166. The fourth-order valence-electron chi connectivity index (χ4n) is 5.08. The zero-order valence-corrected chi connectivity index (χ0v) is 23.9. The van der Waals surface area contributed by atoms with E-state index in [0.717, 1.165) is 0 Å². The summed E-state index contributed by atoms with van der Waals surface area (Å²) >= 11 is 0. The number of aromatic nitrogens is 1.